The van der Waals surface area contributed by atoms with Crippen LogP contribution in [-0.2, 0) is 14.3 Å². The number of esters is 1. The molecule has 0 aliphatic rings. The second kappa shape index (κ2) is 14.3. The van der Waals surface area contributed by atoms with E-state index in [1.807, 2.05) is 6.07 Å². The summed E-state index contributed by atoms with van der Waals surface area (Å²) in [6.07, 6.45) is 4.59. The van der Waals surface area contributed by atoms with Crippen LogP contribution in [-0.4, -0.2) is 30.1 Å². The first-order chi connectivity index (χ1) is 17.9. The van der Waals surface area contributed by atoms with Gasteiger partial charge < -0.3 is 15.4 Å². The van der Waals surface area contributed by atoms with E-state index in [-0.39, 0.29) is 11.7 Å². The predicted molar refractivity (Wildman–Crippen MR) is 150 cm³/mol. The average molecular weight is 555 g/mol. The fourth-order valence-corrected chi connectivity index (χ4v) is 4.29. The van der Waals surface area contributed by atoms with Crippen molar-refractivity contribution in [3.63, 3.8) is 0 Å². The molecule has 0 spiro atoms. The van der Waals surface area contributed by atoms with Crippen LogP contribution in [0.15, 0.2) is 95.5 Å². The molecule has 0 heterocycles. The standard InChI is InChI=1S/C28H24Cl2N2O4S/c1-2-36-26(33)12-7-15-37-23-11-6-10-22(18-23)31-28(35)25(16-20-13-14-21(29)17-24(20)30)32-27(34)19-8-4-3-5-9-19/h3-14,16-18H,2,15H2,1H3,(H,31,35)(H,32,34)/b12-7+,25-16+. The summed E-state index contributed by atoms with van der Waals surface area (Å²) >= 11 is 13.8. The van der Waals surface area contributed by atoms with Gasteiger partial charge in [0.2, 0.25) is 0 Å². The molecule has 9 heteroatoms. The second-order valence-corrected chi connectivity index (χ2v) is 9.43. The van der Waals surface area contributed by atoms with Gasteiger partial charge >= 0.3 is 5.97 Å². The Morgan fingerprint density at radius 1 is 0.973 bits per heavy atom. The number of rotatable bonds is 10. The second-order valence-electron chi connectivity index (χ2n) is 7.49. The number of halogens is 2. The van der Waals surface area contributed by atoms with E-state index < -0.39 is 11.8 Å². The maximum Gasteiger partial charge on any atom is 0.330 e. The summed E-state index contributed by atoms with van der Waals surface area (Å²) in [6.45, 7) is 2.07. The Morgan fingerprint density at radius 2 is 1.76 bits per heavy atom. The molecule has 0 bridgehead atoms. The van der Waals surface area contributed by atoms with Gasteiger partial charge in [-0.2, -0.15) is 0 Å². The van der Waals surface area contributed by atoms with E-state index in [2.05, 4.69) is 10.6 Å². The minimum atomic E-state index is -0.528. The molecule has 0 radical (unpaired) electrons. The zero-order chi connectivity index (χ0) is 26.6. The number of hydrogen-bond donors (Lipinski definition) is 2. The number of benzene rings is 3. The number of thioether (sulfide) groups is 1. The van der Waals surface area contributed by atoms with Crippen LogP contribution in [0, 0.1) is 0 Å². The molecule has 3 aromatic rings. The Kier molecular flexibility index (Phi) is 10.8. The molecular formula is C28H24Cl2N2O4S. The van der Waals surface area contributed by atoms with Gasteiger partial charge in [0.1, 0.15) is 5.70 Å². The SMILES string of the molecule is CCOC(=O)/C=C/CSc1cccc(NC(=O)/C(=C\c2ccc(Cl)cc2Cl)NC(=O)c2ccccc2)c1. The van der Waals surface area contributed by atoms with Crippen molar-refractivity contribution in [1.82, 2.24) is 5.32 Å². The van der Waals surface area contributed by atoms with E-state index in [1.165, 1.54) is 23.9 Å². The van der Waals surface area contributed by atoms with Crippen molar-refractivity contribution in [2.75, 3.05) is 17.7 Å². The topological polar surface area (TPSA) is 84.5 Å². The molecule has 0 fully saturated rings. The summed E-state index contributed by atoms with van der Waals surface area (Å²) in [6, 6.07) is 20.7. The van der Waals surface area contributed by atoms with Crippen molar-refractivity contribution in [2.24, 2.45) is 0 Å². The van der Waals surface area contributed by atoms with Gasteiger partial charge in [-0.3, -0.25) is 9.59 Å². The highest BCUT2D eigenvalue weighted by Crippen LogP contribution is 2.24. The number of ether oxygens (including phenoxy) is 1. The van der Waals surface area contributed by atoms with Crippen molar-refractivity contribution >= 4 is 64.5 Å². The molecule has 0 saturated carbocycles. The Morgan fingerprint density at radius 3 is 2.49 bits per heavy atom. The van der Waals surface area contributed by atoms with Crippen LogP contribution >= 0.6 is 35.0 Å². The molecule has 3 rings (SSSR count). The van der Waals surface area contributed by atoms with Gasteiger partial charge in [-0.25, -0.2) is 4.79 Å². The van der Waals surface area contributed by atoms with E-state index in [1.54, 1.807) is 79.7 Å². The first kappa shape index (κ1) is 28.1. The molecule has 0 aliphatic heterocycles. The van der Waals surface area contributed by atoms with Crippen LogP contribution in [0.4, 0.5) is 5.69 Å². The minimum Gasteiger partial charge on any atom is -0.463 e. The number of carbonyl (C=O) groups excluding carboxylic acids is 3. The van der Waals surface area contributed by atoms with Crippen LogP contribution in [0.3, 0.4) is 0 Å². The highest BCUT2D eigenvalue weighted by Gasteiger charge is 2.16. The zero-order valence-corrected chi connectivity index (χ0v) is 22.2. The molecule has 37 heavy (non-hydrogen) atoms. The van der Waals surface area contributed by atoms with Gasteiger partial charge in [0.25, 0.3) is 11.8 Å². The quantitative estimate of drug-likeness (QED) is 0.167. The molecule has 3 aromatic carbocycles. The van der Waals surface area contributed by atoms with Crippen molar-refractivity contribution in [2.45, 2.75) is 11.8 Å². The number of nitrogens with one attached hydrogen (secondary N) is 2. The molecule has 0 unspecified atom stereocenters. The monoisotopic (exact) mass is 554 g/mol. The van der Waals surface area contributed by atoms with Crippen molar-refractivity contribution in [3.8, 4) is 0 Å². The highest BCUT2D eigenvalue weighted by molar-refractivity contribution is 7.99. The molecule has 2 N–H and O–H groups in total. The minimum absolute atomic E-state index is 0.00787. The van der Waals surface area contributed by atoms with E-state index in [4.69, 9.17) is 27.9 Å². The average Bonchev–Trinajstić information content (AvgIpc) is 2.88. The highest BCUT2D eigenvalue weighted by atomic mass is 35.5. The Balaban J connectivity index is 1.77. The fraction of sp³-hybridized carbons (Fsp3) is 0.107. The third kappa shape index (κ3) is 9.13. The summed E-state index contributed by atoms with van der Waals surface area (Å²) in [4.78, 5) is 38.3. The predicted octanol–water partition coefficient (Wildman–Crippen LogP) is 6.61. The lowest BCUT2D eigenvalue weighted by Crippen LogP contribution is -2.30. The first-order valence-electron chi connectivity index (χ1n) is 11.3. The summed E-state index contributed by atoms with van der Waals surface area (Å²) in [7, 11) is 0. The van der Waals surface area contributed by atoms with Crippen LogP contribution in [0.1, 0.15) is 22.8 Å². The van der Waals surface area contributed by atoms with Crippen LogP contribution in [0.2, 0.25) is 10.0 Å². The Labute approximate surface area is 229 Å². The van der Waals surface area contributed by atoms with E-state index in [0.717, 1.165) is 4.90 Å². The summed E-state index contributed by atoms with van der Waals surface area (Å²) in [5.41, 5.74) is 1.46. The fourth-order valence-electron chi connectivity index (χ4n) is 3.06. The van der Waals surface area contributed by atoms with Crippen molar-refractivity contribution in [1.29, 1.82) is 0 Å². The number of hydrogen-bond acceptors (Lipinski definition) is 5. The number of carbonyl (C=O) groups is 3. The molecule has 190 valence electrons. The summed E-state index contributed by atoms with van der Waals surface area (Å²) < 4.78 is 4.86. The Bertz CT molecular complexity index is 1330. The summed E-state index contributed by atoms with van der Waals surface area (Å²) in [5, 5.41) is 6.29. The summed E-state index contributed by atoms with van der Waals surface area (Å²) in [5.74, 6) is -0.810. The van der Waals surface area contributed by atoms with Gasteiger partial charge in [-0.15, -0.1) is 11.8 Å². The Hall–Kier alpha value is -3.52. The smallest absolute Gasteiger partial charge is 0.330 e. The van der Waals surface area contributed by atoms with Gasteiger partial charge in [0, 0.05) is 38.0 Å². The van der Waals surface area contributed by atoms with Gasteiger partial charge in [-0.1, -0.05) is 59.6 Å². The van der Waals surface area contributed by atoms with Crippen molar-refractivity contribution < 1.29 is 19.1 Å². The van der Waals surface area contributed by atoms with Gasteiger partial charge in [0.05, 0.1) is 6.61 Å². The largest absolute Gasteiger partial charge is 0.463 e. The normalized spacial score (nSPS) is 11.3. The molecule has 6 nitrogen and oxygen atoms in total. The molecule has 2 amide bonds. The third-order valence-electron chi connectivity index (χ3n) is 4.77. The molecular weight excluding hydrogens is 531 g/mol. The molecule has 0 atom stereocenters. The third-order valence-corrected chi connectivity index (χ3v) is 6.28. The lowest BCUT2D eigenvalue weighted by Gasteiger charge is -2.12. The lowest BCUT2D eigenvalue weighted by molar-refractivity contribution is -0.137. The van der Waals surface area contributed by atoms with E-state index in [9.17, 15) is 14.4 Å². The first-order valence-corrected chi connectivity index (χ1v) is 13.0. The maximum atomic E-state index is 13.2. The van der Waals surface area contributed by atoms with Crippen LogP contribution < -0.4 is 10.6 Å². The molecule has 0 aliphatic carbocycles. The van der Waals surface area contributed by atoms with Gasteiger partial charge in [0.15, 0.2) is 0 Å². The van der Waals surface area contributed by atoms with Crippen LogP contribution in [0.25, 0.3) is 6.08 Å². The lowest BCUT2D eigenvalue weighted by atomic mass is 10.1. The molecule has 0 saturated heterocycles. The maximum absolute atomic E-state index is 13.2. The zero-order valence-electron chi connectivity index (χ0n) is 19.9. The van der Waals surface area contributed by atoms with Gasteiger partial charge in [-0.05, 0) is 61.0 Å². The van der Waals surface area contributed by atoms with Crippen molar-refractivity contribution in [3.05, 3.63) is 112 Å². The van der Waals surface area contributed by atoms with E-state index in [0.29, 0.717) is 39.2 Å². The van der Waals surface area contributed by atoms with Crippen LogP contribution in [0.5, 0.6) is 0 Å². The van der Waals surface area contributed by atoms with E-state index >= 15 is 0 Å². The number of amides is 2. The number of anilines is 1. The molecule has 0 aromatic heterocycles.